The van der Waals surface area contributed by atoms with Gasteiger partial charge in [0.05, 0.1) is 26.4 Å². The van der Waals surface area contributed by atoms with Crippen molar-refractivity contribution >= 4 is 39.5 Å². The highest BCUT2D eigenvalue weighted by molar-refractivity contribution is 7.47. The average Bonchev–Trinajstić information content (AvgIpc) is 0.898. The molecule has 0 aromatic rings. The second kappa shape index (κ2) is 78.8. The number of hydrogen-bond donors (Lipinski definition) is 3. The Morgan fingerprint density at radius 2 is 0.509 bits per heavy atom. The van der Waals surface area contributed by atoms with Crippen LogP contribution in [0.5, 0.6) is 0 Å². The number of ether oxygens (including phenoxy) is 4. The van der Waals surface area contributed by atoms with Crippen molar-refractivity contribution in [3.05, 3.63) is 207 Å². The van der Waals surface area contributed by atoms with E-state index in [0.717, 1.165) is 128 Å². The van der Waals surface area contributed by atoms with E-state index < -0.39 is 97.5 Å². The second-order valence-corrected chi connectivity index (χ2v) is 28.8. The summed E-state index contributed by atoms with van der Waals surface area (Å²) in [6, 6.07) is 0. The number of allylic oxidation sites excluding steroid dienone is 34. The number of carbonyl (C=O) groups is 4. The van der Waals surface area contributed by atoms with Crippen LogP contribution in [0.25, 0.3) is 0 Å². The van der Waals surface area contributed by atoms with Crippen molar-refractivity contribution in [3.8, 4) is 0 Å². The van der Waals surface area contributed by atoms with Gasteiger partial charge in [-0.3, -0.25) is 37.3 Å². The molecule has 0 aromatic carbocycles. The van der Waals surface area contributed by atoms with Crippen molar-refractivity contribution in [1.29, 1.82) is 0 Å². The molecule has 5 atom stereocenters. The van der Waals surface area contributed by atoms with Crippen LogP contribution < -0.4 is 0 Å². The lowest BCUT2D eigenvalue weighted by Gasteiger charge is -2.21. The summed E-state index contributed by atoms with van der Waals surface area (Å²) >= 11 is 0. The van der Waals surface area contributed by atoms with Gasteiger partial charge in [0.2, 0.25) is 0 Å². The van der Waals surface area contributed by atoms with Crippen molar-refractivity contribution in [2.24, 2.45) is 0 Å². The lowest BCUT2D eigenvalue weighted by atomic mass is 10.1. The zero-order chi connectivity index (χ0) is 78.9. The molecule has 0 rings (SSSR count). The Balaban J connectivity index is 5.59. The van der Waals surface area contributed by atoms with Crippen molar-refractivity contribution in [2.75, 3.05) is 39.6 Å². The fraction of sp³-hybridized carbons (Fsp3) is 0.573. The zero-order valence-corrected chi connectivity index (χ0v) is 68.2. The normalized spacial score (nSPS) is 14.9. The van der Waals surface area contributed by atoms with E-state index in [2.05, 4.69) is 186 Å². The molecule has 3 N–H and O–H groups in total. The Hall–Kier alpha value is -6.36. The molecule has 0 heterocycles. The smallest absolute Gasteiger partial charge is 0.462 e. The van der Waals surface area contributed by atoms with Crippen LogP contribution in [0.4, 0.5) is 0 Å². The topological polar surface area (TPSA) is 237 Å². The highest BCUT2D eigenvalue weighted by Crippen LogP contribution is 2.45. The van der Waals surface area contributed by atoms with E-state index in [1.165, 1.54) is 44.9 Å². The minimum atomic E-state index is -5.03. The average molecular weight is 1540 g/mol. The van der Waals surface area contributed by atoms with E-state index in [-0.39, 0.29) is 25.7 Å². The number of phosphoric acid groups is 2. The number of aliphatic hydroxyl groups is 1. The number of rotatable bonds is 73. The van der Waals surface area contributed by atoms with Gasteiger partial charge in [0.1, 0.15) is 19.3 Å². The van der Waals surface area contributed by atoms with Gasteiger partial charge in [-0.1, -0.05) is 286 Å². The maximum absolute atomic E-state index is 13.1. The Bertz CT molecular complexity index is 2860. The minimum Gasteiger partial charge on any atom is -0.462 e. The van der Waals surface area contributed by atoms with Gasteiger partial charge in [-0.25, -0.2) is 9.13 Å². The summed E-state index contributed by atoms with van der Waals surface area (Å²) < 4.78 is 68.4. The molecule has 3 unspecified atom stereocenters. The zero-order valence-electron chi connectivity index (χ0n) is 66.4. The maximum atomic E-state index is 13.1. The van der Waals surface area contributed by atoms with E-state index in [1.54, 1.807) is 0 Å². The molecule has 0 saturated heterocycles. The van der Waals surface area contributed by atoms with E-state index >= 15 is 0 Å². The Kier molecular flexibility index (Phi) is 74.1. The molecule has 19 heteroatoms. The minimum absolute atomic E-state index is 0.0431. The standard InChI is InChI=1S/C89H140O17P2/c1-5-9-13-17-21-25-29-33-36-39-41-44-47-51-55-59-63-67-71-75-88(93)105-84(79-99-86(91)73-69-65-61-57-53-49-32-28-24-20-16-12-8-4)81-103-107(95,96)101-77-83(90)78-102-108(97,98)104-82-85(80-100-87(92)74-70-66-62-58-54-50-46-43-38-35-31-27-23-19-15-11-7-3)106-89(94)76-72-68-64-60-56-52-48-45-42-40-37-34-30-26-22-18-14-10-6-2/h9-10,13-14,21-23,25-28,32-38,41-42,44-46,50-52,55-56,58,62-64,67-68,83-85,90H,5-8,11-12,15-20,24,29-31,39-40,43,47-49,53-54,57,59-61,65-66,69-82H2,1-4H3,(H,95,96)(H,97,98)/b13-9-,14-10-,25-21-,26-22-,27-23-,32-28-,36-33-,37-34-,38-35-,44-41-,45-42-,50-46-,55-51-,56-52-,62-58-,67-63-,68-64-/t83?,84-,85-/m1/s1. The lowest BCUT2D eigenvalue weighted by Crippen LogP contribution is -2.30. The molecule has 0 saturated carbocycles. The van der Waals surface area contributed by atoms with Gasteiger partial charge in [-0.15, -0.1) is 0 Å². The van der Waals surface area contributed by atoms with Gasteiger partial charge in [-0.2, -0.15) is 0 Å². The lowest BCUT2D eigenvalue weighted by molar-refractivity contribution is -0.161. The quantitative estimate of drug-likeness (QED) is 0.0169. The van der Waals surface area contributed by atoms with Crippen LogP contribution in [0.15, 0.2) is 207 Å². The van der Waals surface area contributed by atoms with Crippen molar-refractivity contribution in [2.45, 2.75) is 290 Å². The van der Waals surface area contributed by atoms with Crippen molar-refractivity contribution in [3.63, 3.8) is 0 Å². The van der Waals surface area contributed by atoms with Gasteiger partial charge < -0.3 is 33.8 Å². The van der Waals surface area contributed by atoms with Gasteiger partial charge in [0.25, 0.3) is 0 Å². The number of aliphatic hydroxyl groups excluding tert-OH is 1. The summed E-state index contributed by atoms with van der Waals surface area (Å²) in [6.07, 6.45) is 98.5. The van der Waals surface area contributed by atoms with Crippen molar-refractivity contribution in [1.82, 2.24) is 0 Å². The largest absolute Gasteiger partial charge is 0.472 e. The molecule has 0 aromatic heterocycles. The van der Waals surface area contributed by atoms with Gasteiger partial charge >= 0.3 is 39.5 Å². The SMILES string of the molecule is CC/C=C\C/C=C\C/C=C\C/C=C\C/C=C\C/C=C\CCC(=O)O[C@H](COC(=O)CCC/C=C\C/C=C\C/C=C\C/C=C\CCCCC)COP(=O)(O)OCC(O)COP(=O)(O)OC[C@@H](COC(=O)CCCCCCC/C=C\CCCCCC)OC(=O)CC/C=C\C/C=C\C/C=C\C/C=C\C/C=C\C/C=C\CC. The fourth-order valence-electron chi connectivity index (χ4n) is 9.67. The van der Waals surface area contributed by atoms with E-state index in [9.17, 15) is 43.2 Å². The molecule has 0 radical (unpaired) electrons. The molecule has 17 nitrogen and oxygen atoms in total. The Morgan fingerprint density at radius 1 is 0.269 bits per heavy atom. The Labute approximate surface area is 652 Å². The van der Waals surface area contributed by atoms with Crippen LogP contribution in [-0.2, 0) is 65.4 Å². The van der Waals surface area contributed by atoms with E-state index in [0.29, 0.717) is 44.9 Å². The van der Waals surface area contributed by atoms with Gasteiger partial charge in [0.15, 0.2) is 12.2 Å². The van der Waals surface area contributed by atoms with Crippen LogP contribution in [0.2, 0.25) is 0 Å². The Morgan fingerprint density at radius 3 is 0.843 bits per heavy atom. The van der Waals surface area contributed by atoms with Gasteiger partial charge in [0, 0.05) is 25.7 Å². The first-order valence-electron chi connectivity index (χ1n) is 40.3. The highest BCUT2D eigenvalue weighted by atomic mass is 31.2. The summed E-state index contributed by atoms with van der Waals surface area (Å²) in [5.41, 5.74) is 0. The molecule has 0 aliphatic carbocycles. The summed E-state index contributed by atoms with van der Waals surface area (Å²) in [7, 11) is -10.0. The van der Waals surface area contributed by atoms with Crippen LogP contribution >= 0.6 is 15.6 Å². The molecule has 0 spiro atoms. The van der Waals surface area contributed by atoms with Gasteiger partial charge in [-0.05, 0) is 167 Å². The molecular weight excluding hydrogens is 1400 g/mol. The van der Waals surface area contributed by atoms with E-state index in [4.69, 9.17) is 37.0 Å². The molecule has 608 valence electrons. The number of hydrogen-bond acceptors (Lipinski definition) is 15. The number of carbonyl (C=O) groups excluding carboxylic acids is 4. The fourth-order valence-corrected chi connectivity index (χ4v) is 11.2. The predicted octanol–water partition coefficient (Wildman–Crippen LogP) is 23.9. The molecule has 108 heavy (non-hydrogen) atoms. The van der Waals surface area contributed by atoms with E-state index in [1.807, 2.05) is 48.6 Å². The molecule has 0 aliphatic rings. The molecule has 0 aliphatic heterocycles. The third kappa shape index (κ3) is 77.8. The first-order chi connectivity index (χ1) is 52.7. The van der Waals surface area contributed by atoms with Crippen LogP contribution in [0.1, 0.15) is 272 Å². The first kappa shape index (κ1) is 102. The monoisotopic (exact) mass is 1540 g/mol. The van der Waals surface area contributed by atoms with Crippen LogP contribution in [0.3, 0.4) is 0 Å². The second-order valence-electron chi connectivity index (χ2n) is 25.9. The molecular formula is C89H140O17P2. The highest BCUT2D eigenvalue weighted by Gasteiger charge is 2.30. The third-order valence-corrected chi connectivity index (χ3v) is 17.6. The predicted molar refractivity (Wildman–Crippen MR) is 445 cm³/mol. The number of esters is 4. The number of unbranched alkanes of at least 4 members (excludes halogenated alkanes) is 13. The molecule has 0 bridgehead atoms. The first-order valence-corrected chi connectivity index (χ1v) is 43.3. The third-order valence-electron chi connectivity index (χ3n) is 15.7. The number of phosphoric ester groups is 2. The molecule has 0 fully saturated rings. The summed E-state index contributed by atoms with van der Waals surface area (Å²) in [6.45, 7) is 4.32. The van der Waals surface area contributed by atoms with Crippen LogP contribution in [0, 0.1) is 0 Å². The van der Waals surface area contributed by atoms with Crippen LogP contribution in [-0.4, -0.2) is 96.7 Å². The maximum Gasteiger partial charge on any atom is 0.472 e. The summed E-state index contributed by atoms with van der Waals surface area (Å²) in [5.74, 6) is -2.47. The molecule has 0 amide bonds. The van der Waals surface area contributed by atoms with Crippen molar-refractivity contribution < 1.29 is 80.2 Å². The summed E-state index contributed by atoms with van der Waals surface area (Å²) in [4.78, 5) is 73.0. The summed E-state index contributed by atoms with van der Waals surface area (Å²) in [5, 5.41) is 10.6.